The minimum atomic E-state index is -3.31. The summed E-state index contributed by atoms with van der Waals surface area (Å²) in [7, 11) is 0. The number of hydrogen-bond acceptors (Lipinski definition) is 3. The Morgan fingerprint density at radius 1 is 1.20 bits per heavy atom. The van der Waals surface area contributed by atoms with E-state index in [0.29, 0.717) is 4.90 Å². The van der Waals surface area contributed by atoms with E-state index in [1.54, 1.807) is 0 Å². The van der Waals surface area contributed by atoms with Crippen LogP contribution in [0.4, 0.5) is 0 Å². The summed E-state index contributed by atoms with van der Waals surface area (Å²) in [6.07, 6.45) is -9.55. The van der Waals surface area contributed by atoms with Crippen molar-refractivity contribution < 1.29 is 33.2 Å². The maximum atomic E-state index is 13.5. The van der Waals surface area contributed by atoms with Crippen molar-refractivity contribution in [2.45, 2.75) is 50.2 Å². The maximum absolute atomic E-state index is 13.5. The number of ketones is 1. The number of nitrogens with zero attached hydrogens (tertiary/aromatic N) is 1. The van der Waals surface area contributed by atoms with Gasteiger partial charge in [0.1, 0.15) is 0 Å². The molecule has 0 bridgehead atoms. The second-order valence-corrected chi connectivity index (χ2v) is 5.45. The minimum absolute atomic E-state index is 0.0814. The largest absolute Gasteiger partial charge is 0.388 e. The van der Waals surface area contributed by atoms with Gasteiger partial charge in [0.05, 0.1) is 19.8 Å². The van der Waals surface area contributed by atoms with E-state index in [-0.39, 0.29) is 19.3 Å². The molecule has 3 heteroatoms. The average Bonchev–Trinajstić information content (AvgIpc) is 2.91. The minimum Gasteiger partial charge on any atom is -0.388 e. The summed E-state index contributed by atoms with van der Waals surface area (Å²) in [6.45, 7) is -3.31. The molecule has 0 unspecified atom stereocenters. The first kappa shape index (κ1) is 6.33. The van der Waals surface area contributed by atoms with Crippen molar-refractivity contribution in [1.82, 2.24) is 4.90 Å². The van der Waals surface area contributed by atoms with Gasteiger partial charge in [-0.05, 0) is 31.8 Å². The van der Waals surface area contributed by atoms with E-state index < -0.39 is 115 Å². The fourth-order valence-electron chi connectivity index (χ4n) is 2.55. The molecule has 1 fully saturated rings. The predicted molar refractivity (Wildman–Crippen MR) is 101 cm³/mol. The Morgan fingerprint density at radius 2 is 1.84 bits per heavy atom. The molecule has 1 heterocycles. The molecule has 0 spiro atoms. The molecule has 1 aliphatic heterocycles. The first-order valence-corrected chi connectivity index (χ1v) is 7.67. The van der Waals surface area contributed by atoms with Crippen molar-refractivity contribution in [2.24, 2.45) is 0 Å². The zero-order chi connectivity index (χ0) is 32.4. The summed E-state index contributed by atoms with van der Waals surface area (Å²) in [5.74, 6) is -1.62. The van der Waals surface area contributed by atoms with Gasteiger partial charge in [-0.3, -0.25) is 9.69 Å². The second-order valence-electron chi connectivity index (χ2n) is 5.45. The molecule has 3 rings (SSSR count). The lowest BCUT2D eigenvalue weighted by atomic mass is 9.88. The van der Waals surface area contributed by atoms with Gasteiger partial charge in [0.25, 0.3) is 0 Å². The van der Waals surface area contributed by atoms with Gasteiger partial charge in [0, 0.05) is 33.6 Å². The van der Waals surface area contributed by atoms with Crippen LogP contribution in [-0.2, 0) is 0 Å². The number of aliphatic hydroxyl groups is 1. The van der Waals surface area contributed by atoms with Crippen LogP contribution in [0.1, 0.15) is 77.3 Å². The van der Waals surface area contributed by atoms with Gasteiger partial charge in [-0.25, -0.2) is 0 Å². The number of benzene rings is 2. The molecule has 0 saturated carbocycles. The van der Waals surface area contributed by atoms with E-state index in [4.69, 9.17) is 23.3 Å². The maximum Gasteiger partial charge on any atom is 0.164 e. The molecule has 0 amide bonds. The van der Waals surface area contributed by atoms with Gasteiger partial charge >= 0.3 is 0 Å². The molecule has 0 radical (unpaired) electrons. The Morgan fingerprint density at radius 3 is 2.52 bits per heavy atom. The van der Waals surface area contributed by atoms with Crippen molar-refractivity contribution >= 4 is 5.78 Å². The van der Waals surface area contributed by atoms with Crippen LogP contribution in [0, 0.1) is 0 Å². The highest BCUT2D eigenvalue weighted by Gasteiger charge is 2.30. The van der Waals surface area contributed by atoms with Crippen LogP contribution in [0.3, 0.4) is 0 Å². The number of hydrogen-bond donors (Lipinski definition) is 1. The lowest BCUT2D eigenvalue weighted by molar-refractivity contribution is 0.0549. The molecule has 132 valence electrons. The van der Waals surface area contributed by atoms with Gasteiger partial charge in [0.15, 0.2) is 5.78 Å². The Labute approximate surface area is 174 Å². The van der Waals surface area contributed by atoms with Gasteiger partial charge in [-0.1, -0.05) is 66.8 Å². The van der Waals surface area contributed by atoms with Gasteiger partial charge in [-0.15, -0.1) is 0 Å². The molecule has 3 atom stereocenters. The fourth-order valence-corrected chi connectivity index (χ4v) is 2.55. The normalized spacial score (nSPS) is 33.9. The SMILES string of the molecule is [2H]c1c([2H])c([2H])c(C(=O)C([2H])([2H])[C@H]2CCC[C@@H](C([2H])([2H])[C@@H](O)c3c([2H])c([2H])c([2H])c([2H])c3[2H])N2C([2H])([2H])[2H])c([2H])c1[2H]. The van der Waals surface area contributed by atoms with Crippen molar-refractivity contribution in [3.8, 4) is 0 Å². The summed E-state index contributed by atoms with van der Waals surface area (Å²) >= 11 is 0. The fraction of sp³-hybridized carbons (Fsp3) is 0.409. The number of aliphatic hydroxyl groups excluding tert-OH is 1. The van der Waals surface area contributed by atoms with Crippen LogP contribution in [0.5, 0.6) is 0 Å². The molecule has 2 aromatic rings. The third kappa shape index (κ3) is 4.56. The topological polar surface area (TPSA) is 40.5 Å². The van der Waals surface area contributed by atoms with E-state index in [1.807, 2.05) is 0 Å². The summed E-state index contributed by atoms with van der Waals surface area (Å²) < 4.78 is 138. The molecule has 0 aromatic heterocycles. The molecule has 2 aromatic carbocycles. The van der Waals surface area contributed by atoms with Crippen LogP contribution < -0.4 is 0 Å². The second kappa shape index (κ2) is 8.41. The van der Waals surface area contributed by atoms with Gasteiger partial charge in [-0.2, -0.15) is 0 Å². The predicted octanol–water partition coefficient (Wildman–Crippen LogP) is 4.24. The lowest BCUT2D eigenvalue weighted by Gasteiger charge is -2.40. The van der Waals surface area contributed by atoms with Crippen molar-refractivity contribution in [1.29, 1.82) is 0 Å². The number of rotatable bonds is 6. The van der Waals surface area contributed by atoms with Crippen LogP contribution >= 0.6 is 0 Å². The first-order chi connectivity index (χ1) is 19.0. The number of carbonyl (C=O) groups is 1. The summed E-state index contributed by atoms with van der Waals surface area (Å²) in [5.41, 5.74) is -1.85. The highest BCUT2D eigenvalue weighted by Crippen LogP contribution is 2.30. The number of piperidine rings is 1. The quantitative estimate of drug-likeness (QED) is 0.789. The summed E-state index contributed by atoms with van der Waals surface area (Å²) in [5, 5.41) is 11.1. The van der Waals surface area contributed by atoms with Crippen molar-refractivity contribution in [3.05, 3.63) is 71.6 Å². The number of Topliss-reactive ketones (excluding diaryl/α,β-unsaturated/α-hetero) is 1. The Balaban J connectivity index is 2.17. The molecule has 0 aliphatic carbocycles. The van der Waals surface area contributed by atoms with Crippen LogP contribution in [0.15, 0.2) is 60.4 Å². The first-order valence-electron chi connectivity index (χ1n) is 16.2. The Bertz CT molecular complexity index is 1370. The molecule has 1 N–H and O–H groups in total. The lowest BCUT2D eigenvalue weighted by Crippen LogP contribution is -2.45. The van der Waals surface area contributed by atoms with Gasteiger partial charge < -0.3 is 5.11 Å². The van der Waals surface area contributed by atoms with Gasteiger partial charge in [0.2, 0.25) is 0 Å². The smallest absolute Gasteiger partial charge is 0.164 e. The molecule has 1 saturated heterocycles. The third-order valence-electron chi connectivity index (χ3n) is 3.79. The highest BCUT2D eigenvalue weighted by atomic mass is 16.3. The number of likely N-dealkylation sites (tertiary alicyclic amines) is 1. The number of carbonyl (C=O) groups excluding carboxylic acids is 1. The van der Waals surface area contributed by atoms with Crippen molar-refractivity contribution in [3.63, 3.8) is 0 Å². The monoisotopic (exact) mass is 354 g/mol. The highest BCUT2D eigenvalue weighted by molar-refractivity contribution is 5.96. The summed E-state index contributed by atoms with van der Waals surface area (Å²) in [6, 6.07) is -12.9. The molecule has 3 nitrogen and oxygen atoms in total. The van der Waals surface area contributed by atoms with Crippen LogP contribution in [0.2, 0.25) is 0 Å². The Hall–Kier alpha value is -1.97. The summed E-state index contributed by atoms with van der Waals surface area (Å²) in [4.78, 5) is 13.9. The van der Waals surface area contributed by atoms with Crippen LogP contribution in [-0.4, -0.2) is 34.8 Å². The molecule has 1 aliphatic rings. The van der Waals surface area contributed by atoms with E-state index in [1.165, 1.54) is 0 Å². The van der Waals surface area contributed by atoms with Crippen molar-refractivity contribution in [2.75, 3.05) is 6.98 Å². The zero-order valence-corrected chi connectivity index (χ0v) is 13.2. The van der Waals surface area contributed by atoms with E-state index in [2.05, 4.69) is 0 Å². The average molecular weight is 355 g/mol. The third-order valence-corrected chi connectivity index (χ3v) is 3.79. The molecular formula is C22H27NO2. The zero-order valence-electron chi connectivity index (χ0n) is 30.2. The van der Waals surface area contributed by atoms with Crippen LogP contribution in [0.25, 0.3) is 0 Å². The standard InChI is InChI=1S/C22H27NO2/c1-23-19(15-21(24)17-9-4-2-5-10-17)13-8-14-20(23)16-22(25)18-11-6-3-7-12-18/h2-7,9-12,19-21,24H,8,13-16H2,1H3/t19-,20+,21+/m0/s1/i1D3,2D,3D,4D,5D,6D,7D,9D,10D,11D,12D,15D2,16D2. The van der Waals surface area contributed by atoms with E-state index in [9.17, 15) is 9.90 Å². The molecular weight excluding hydrogens is 310 g/mol. The van der Waals surface area contributed by atoms with E-state index in [0.717, 1.165) is 0 Å². The Kier molecular flexibility index (Phi) is 2.13. The van der Waals surface area contributed by atoms with E-state index >= 15 is 0 Å². The molecule has 25 heavy (non-hydrogen) atoms.